The molecule has 1 saturated heterocycles. The van der Waals surface area contributed by atoms with Gasteiger partial charge >= 0.3 is 0 Å². The number of carbonyl (C=O) groups excluding carboxylic acids is 1. The number of nitrogens with zero attached hydrogens (tertiary/aromatic N) is 2. The van der Waals surface area contributed by atoms with Crippen molar-refractivity contribution in [2.45, 2.75) is 31.7 Å². The number of amides is 1. The van der Waals surface area contributed by atoms with Crippen molar-refractivity contribution in [2.75, 3.05) is 26.2 Å². The van der Waals surface area contributed by atoms with Gasteiger partial charge in [-0.2, -0.15) is 0 Å². The van der Waals surface area contributed by atoms with Crippen LogP contribution < -0.4 is 0 Å². The molecule has 0 unspecified atom stereocenters. The molecule has 0 N–H and O–H groups in total. The average Bonchev–Trinajstić information content (AvgIpc) is 3.03. The molecule has 0 atom stereocenters. The molecule has 1 amide bonds. The Kier molecular flexibility index (Phi) is 5.22. The Bertz CT molecular complexity index is 523. The van der Waals surface area contributed by atoms with Gasteiger partial charge in [-0.25, -0.2) is 0 Å². The van der Waals surface area contributed by atoms with E-state index in [9.17, 15) is 4.79 Å². The fourth-order valence-electron chi connectivity index (χ4n) is 3.39. The fraction of sp³-hybridized carbons (Fsp3) is 0.562. The van der Waals surface area contributed by atoms with Crippen LogP contribution in [0.25, 0.3) is 0 Å². The minimum absolute atomic E-state index is 0.173. The van der Waals surface area contributed by atoms with E-state index in [0.29, 0.717) is 0 Å². The molecule has 1 aromatic rings. The zero-order chi connectivity index (χ0) is 14.8. The van der Waals surface area contributed by atoms with Crippen molar-refractivity contribution in [3.63, 3.8) is 0 Å². The van der Waals surface area contributed by atoms with Crippen molar-refractivity contribution in [1.29, 1.82) is 0 Å². The lowest BCUT2D eigenvalue weighted by Gasteiger charge is -2.38. The van der Waals surface area contributed by atoms with Gasteiger partial charge in [0.15, 0.2) is 0 Å². The lowest BCUT2D eigenvalue weighted by atomic mass is 10.1. The molecule has 1 saturated carbocycles. The summed E-state index contributed by atoms with van der Waals surface area (Å²) in [5.74, 6) is 0.173. The number of rotatable bonds is 2. The summed E-state index contributed by atoms with van der Waals surface area (Å²) in [4.78, 5) is 17.3. The summed E-state index contributed by atoms with van der Waals surface area (Å²) in [5, 5.41) is 0. The smallest absolute Gasteiger partial charge is 0.255 e. The highest BCUT2D eigenvalue weighted by Gasteiger charge is 2.28. The summed E-state index contributed by atoms with van der Waals surface area (Å²) < 4.78 is 2.00. The van der Waals surface area contributed by atoms with Crippen LogP contribution in [0.4, 0.5) is 0 Å². The van der Waals surface area contributed by atoms with Crippen LogP contribution in [0.3, 0.4) is 0 Å². The van der Waals surface area contributed by atoms with Crippen molar-refractivity contribution >= 4 is 44.4 Å². The highest BCUT2D eigenvalue weighted by molar-refractivity contribution is 14.1. The molecular weight excluding hydrogens is 443 g/mol. The van der Waals surface area contributed by atoms with Crippen LogP contribution in [0.2, 0.25) is 0 Å². The summed E-state index contributed by atoms with van der Waals surface area (Å²) in [6, 6.07) is 6.68. The lowest BCUT2D eigenvalue weighted by molar-refractivity contribution is 0.0572. The average molecular weight is 463 g/mol. The summed E-state index contributed by atoms with van der Waals surface area (Å²) in [6.07, 6.45) is 5.44. The highest BCUT2D eigenvalue weighted by Crippen LogP contribution is 2.25. The zero-order valence-corrected chi connectivity index (χ0v) is 15.8. The van der Waals surface area contributed by atoms with Gasteiger partial charge in [-0.3, -0.25) is 9.69 Å². The predicted molar refractivity (Wildman–Crippen MR) is 96.6 cm³/mol. The number of halogens is 2. The van der Waals surface area contributed by atoms with Gasteiger partial charge < -0.3 is 4.90 Å². The van der Waals surface area contributed by atoms with Crippen LogP contribution in [0, 0.1) is 3.57 Å². The van der Waals surface area contributed by atoms with Crippen LogP contribution in [0.1, 0.15) is 36.0 Å². The van der Waals surface area contributed by atoms with Crippen molar-refractivity contribution in [1.82, 2.24) is 9.80 Å². The van der Waals surface area contributed by atoms with Gasteiger partial charge in [-0.05, 0) is 53.6 Å². The number of hydrogen-bond acceptors (Lipinski definition) is 2. The second kappa shape index (κ2) is 6.96. The first-order valence-electron chi connectivity index (χ1n) is 7.63. The molecule has 3 rings (SSSR count). The van der Waals surface area contributed by atoms with Gasteiger partial charge in [-0.15, -0.1) is 0 Å². The molecule has 0 aromatic heterocycles. The molecule has 114 valence electrons. The van der Waals surface area contributed by atoms with E-state index in [4.69, 9.17) is 0 Å². The van der Waals surface area contributed by atoms with Crippen LogP contribution in [0.5, 0.6) is 0 Å². The van der Waals surface area contributed by atoms with Crippen LogP contribution in [-0.4, -0.2) is 47.9 Å². The third-order valence-electron chi connectivity index (χ3n) is 4.60. The predicted octanol–water partition coefficient (Wildman–Crippen LogP) is 3.75. The maximum Gasteiger partial charge on any atom is 0.255 e. The van der Waals surface area contributed by atoms with E-state index < -0.39 is 0 Å². The Morgan fingerprint density at radius 3 is 2.48 bits per heavy atom. The third kappa shape index (κ3) is 3.62. The van der Waals surface area contributed by atoms with E-state index >= 15 is 0 Å². The SMILES string of the molecule is O=C(c1cc(Br)ccc1I)N1CCN(C2CCCC2)CC1. The summed E-state index contributed by atoms with van der Waals surface area (Å²) in [5.41, 5.74) is 0.819. The number of piperazine rings is 1. The van der Waals surface area contributed by atoms with Crippen molar-refractivity contribution < 1.29 is 4.79 Å². The van der Waals surface area contributed by atoms with E-state index in [1.165, 1.54) is 25.7 Å². The molecular formula is C16H20BrIN2O. The molecule has 1 heterocycles. The number of hydrogen-bond donors (Lipinski definition) is 0. The van der Waals surface area contributed by atoms with Gasteiger partial charge in [0.1, 0.15) is 0 Å². The molecule has 0 bridgehead atoms. The standard InChI is InChI=1S/C16H20BrIN2O/c17-12-5-6-15(18)14(11-12)16(21)20-9-7-19(8-10-20)13-3-1-2-4-13/h5-6,11,13H,1-4,7-10H2. The van der Waals surface area contributed by atoms with Crippen LogP contribution >= 0.6 is 38.5 Å². The van der Waals surface area contributed by atoms with E-state index in [2.05, 4.69) is 43.4 Å². The molecule has 3 nitrogen and oxygen atoms in total. The summed E-state index contributed by atoms with van der Waals surface area (Å²) >= 11 is 5.71. The monoisotopic (exact) mass is 462 g/mol. The van der Waals surface area contributed by atoms with Gasteiger partial charge in [0.25, 0.3) is 5.91 Å². The molecule has 0 radical (unpaired) electrons. The minimum Gasteiger partial charge on any atom is -0.336 e. The fourth-order valence-corrected chi connectivity index (χ4v) is 4.32. The molecule has 0 spiro atoms. The zero-order valence-electron chi connectivity index (χ0n) is 12.0. The topological polar surface area (TPSA) is 23.6 Å². The second-order valence-corrected chi connectivity index (χ2v) is 7.97. The first-order valence-corrected chi connectivity index (χ1v) is 9.51. The molecule has 21 heavy (non-hydrogen) atoms. The van der Waals surface area contributed by atoms with Crippen LogP contribution in [0.15, 0.2) is 22.7 Å². The first kappa shape index (κ1) is 15.7. The van der Waals surface area contributed by atoms with Crippen LogP contribution in [-0.2, 0) is 0 Å². The Morgan fingerprint density at radius 2 is 1.81 bits per heavy atom. The minimum atomic E-state index is 0.173. The Labute approximate surface area is 148 Å². The Balaban J connectivity index is 1.63. The maximum absolute atomic E-state index is 12.7. The van der Waals surface area contributed by atoms with E-state index in [1.807, 2.05) is 23.1 Å². The van der Waals surface area contributed by atoms with Gasteiger partial charge in [-0.1, -0.05) is 28.8 Å². The van der Waals surface area contributed by atoms with E-state index in [0.717, 1.165) is 45.8 Å². The van der Waals surface area contributed by atoms with Crippen molar-refractivity contribution in [3.05, 3.63) is 31.8 Å². The molecule has 1 aliphatic heterocycles. The molecule has 1 aliphatic carbocycles. The molecule has 2 fully saturated rings. The highest BCUT2D eigenvalue weighted by atomic mass is 127. The van der Waals surface area contributed by atoms with Gasteiger partial charge in [0, 0.05) is 40.3 Å². The lowest BCUT2D eigenvalue weighted by Crippen LogP contribution is -2.51. The largest absolute Gasteiger partial charge is 0.336 e. The number of carbonyl (C=O) groups is 1. The second-order valence-electron chi connectivity index (χ2n) is 5.89. The molecule has 5 heteroatoms. The maximum atomic E-state index is 12.7. The van der Waals surface area contributed by atoms with Gasteiger partial charge in [0.2, 0.25) is 0 Å². The summed E-state index contributed by atoms with van der Waals surface area (Å²) in [7, 11) is 0. The number of benzene rings is 1. The normalized spacial score (nSPS) is 21.0. The summed E-state index contributed by atoms with van der Waals surface area (Å²) in [6.45, 7) is 3.78. The quantitative estimate of drug-likeness (QED) is 0.625. The van der Waals surface area contributed by atoms with Crippen molar-refractivity contribution in [3.8, 4) is 0 Å². The van der Waals surface area contributed by atoms with Crippen molar-refractivity contribution in [2.24, 2.45) is 0 Å². The third-order valence-corrected chi connectivity index (χ3v) is 6.04. The first-order chi connectivity index (χ1) is 10.1. The van der Waals surface area contributed by atoms with E-state index in [1.54, 1.807) is 0 Å². The Morgan fingerprint density at radius 1 is 1.14 bits per heavy atom. The van der Waals surface area contributed by atoms with E-state index in [-0.39, 0.29) is 5.91 Å². The molecule has 1 aromatic carbocycles. The molecule has 2 aliphatic rings. The Hall–Kier alpha value is -0.140. The van der Waals surface area contributed by atoms with Gasteiger partial charge in [0.05, 0.1) is 5.56 Å².